The number of carbonyl (C=O) groups excluding carboxylic acids is 3. The van der Waals surface area contributed by atoms with Gasteiger partial charge in [0.05, 0.1) is 7.11 Å². The molecule has 0 fully saturated rings. The molecule has 8 heteroatoms. The Morgan fingerprint density at radius 1 is 0.705 bits per heavy atom. The highest BCUT2D eigenvalue weighted by molar-refractivity contribution is 5.98. The molecule has 0 saturated heterocycles. The van der Waals surface area contributed by atoms with Crippen LogP contribution in [0.1, 0.15) is 109 Å². The summed E-state index contributed by atoms with van der Waals surface area (Å²) in [5.74, 6) is -2.09. The van der Waals surface area contributed by atoms with Crippen LogP contribution in [0.25, 0.3) is 0 Å². The molecule has 0 amide bonds. The molecule has 3 rings (SSSR count). The van der Waals surface area contributed by atoms with E-state index in [1.807, 2.05) is 30.3 Å². The summed E-state index contributed by atoms with van der Waals surface area (Å²) in [6.07, 6.45) is 8.32. The second kappa shape index (κ2) is 17.7. The van der Waals surface area contributed by atoms with Crippen LogP contribution in [0.4, 0.5) is 0 Å². The Labute approximate surface area is 260 Å². The first-order chi connectivity index (χ1) is 21.3. The number of carbonyl (C=O) groups is 3. The number of unbranched alkanes of at least 4 members (excludes halogenated alkanes) is 6. The highest BCUT2D eigenvalue weighted by Crippen LogP contribution is 2.33. The molecule has 0 spiro atoms. The van der Waals surface area contributed by atoms with Gasteiger partial charge in [0.2, 0.25) is 0 Å². The minimum Gasteiger partial charge on any atom is -0.507 e. The molecule has 0 bridgehead atoms. The molecule has 0 unspecified atom stereocenters. The third-order valence-corrected chi connectivity index (χ3v) is 7.41. The van der Waals surface area contributed by atoms with E-state index in [2.05, 4.69) is 13.8 Å². The van der Waals surface area contributed by atoms with Gasteiger partial charge in [0.1, 0.15) is 46.5 Å². The van der Waals surface area contributed by atoms with E-state index in [4.69, 9.17) is 14.2 Å². The summed E-state index contributed by atoms with van der Waals surface area (Å²) in [5, 5.41) is 21.7. The molecule has 236 valence electrons. The van der Waals surface area contributed by atoms with Crippen molar-refractivity contribution in [2.24, 2.45) is 0 Å². The van der Waals surface area contributed by atoms with Crippen LogP contribution in [0.5, 0.6) is 23.0 Å². The first-order valence-corrected chi connectivity index (χ1v) is 15.5. The zero-order valence-corrected chi connectivity index (χ0v) is 26.0. The number of aromatic hydroxyl groups is 2. The fourth-order valence-electron chi connectivity index (χ4n) is 5.04. The minimum absolute atomic E-state index is 0.00566. The van der Waals surface area contributed by atoms with Crippen molar-refractivity contribution < 1.29 is 38.8 Å². The third-order valence-electron chi connectivity index (χ3n) is 7.41. The number of benzene rings is 3. The van der Waals surface area contributed by atoms with Gasteiger partial charge in [-0.15, -0.1) is 0 Å². The molecule has 0 atom stereocenters. The average Bonchev–Trinajstić information content (AvgIpc) is 3.00. The van der Waals surface area contributed by atoms with Gasteiger partial charge in [0.15, 0.2) is 0 Å². The van der Waals surface area contributed by atoms with Crippen molar-refractivity contribution in [2.45, 2.75) is 91.1 Å². The van der Waals surface area contributed by atoms with Gasteiger partial charge in [0, 0.05) is 25.0 Å². The predicted octanol–water partition coefficient (Wildman–Crippen LogP) is 7.89. The summed E-state index contributed by atoms with van der Waals surface area (Å²) < 4.78 is 16.4. The maximum Gasteiger partial charge on any atom is 0.347 e. The number of ketones is 1. The maximum absolute atomic E-state index is 13.4. The van der Waals surface area contributed by atoms with Gasteiger partial charge < -0.3 is 24.4 Å². The Kier molecular flexibility index (Phi) is 13.7. The summed E-state index contributed by atoms with van der Waals surface area (Å²) in [6.45, 7) is 4.22. The van der Waals surface area contributed by atoms with Gasteiger partial charge in [-0.1, -0.05) is 82.7 Å². The predicted molar refractivity (Wildman–Crippen MR) is 169 cm³/mol. The van der Waals surface area contributed by atoms with E-state index in [1.54, 1.807) is 12.1 Å². The topological polar surface area (TPSA) is 119 Å². The first kappa shape index (κ1) is 34.2. The molecule has 0 aliphatic heterocycles. The second-order valence-electron chi connectivity index (χ2n) is 10.9. The van der Waals surface area contributed by atoms with E-state index in [1.165, 1.54) is 19.2 Å². The Bertz CT molecular complexity index is 1400. The summed E-state index contributed by atoms with van der Waals surface area (Å²) in [6, 6.07) is 14.8. The monoisotopic (exact) mass is 604 g/mol. The Morgan fingerprint density at radius 3 is 2.00 bits per heavy atom. The standard InChI is InChI=1S/C36H44O8/c1-4-6-8-9-14-17-26-20-30(23-32(39)33(26)35(40)43-24-25-15-12-10-13-16-25)44-36(41)34-27(19-28(37)18-11-7-5-2)21-29(42-3)22-31(34)38/h10,12-13,15-16,20-23,38-39H,4-9,11,14,17-19,24H2,1-3H3. The minimum atomic E-state index is -0.894. The Balaban J connectivity index is 1.88. The molecule has 2 N–H and O–H groups in total. The number of Topliss-reactive ketones (excluding diaryl/α,β-unsaturated/α-hetero) is 1. The lowest BCUT2D eigenvalue weighted by Gasteiger charge is -2.16. The van der Waals surface area contributed by atoms with Crippen LogP contribution in [-0.2, 0) is 29.0 Å². The smallest absolute Gasteiger partial charge is 0.347 e. The number of rotatable bonds is 18. The molecule has 3 aromatic rings. The van der Waals surface area contributed by atoms with Crippen molar-refractivity contribution in [3.05, 3.63) is 82.4 Å². The number of hydrogen-bond acceptors (Lipinski definition) is 8. The van der Waals surface area contributed by atoms with Crippen LogP contribution in [0, 0.1) is 0 Å². The SMILES string of the molecule is CCCCCCCc1cc(OC(=O)c2c(O)cc(OC)cc2CC(=O)CCCCC)cc(O)c1C(=O)OCc1ccccc1. The number of phenols is 2. The lowest BCUT2D eigenvalue weighted by atomic mass is 9.98. The summed E-state index contributed by atoms with van der Waals surface area (Å²) in [7, 11) is 1.43. The van der Waals surface area contributed by atoms with Crippen LogP contribution >= 0.6 is 0 Å². The highest BCUT2D eigenvalue weighted by atomic mass is 16.5. The zero-order chi connectivity index (χ0) is 31.9. The number of phenolic OH excluding ortho intramolecular Hbond substituents is 2. The summed E-state index contributed by atoms with van der Waals surface area (Å²) >= 11 is 0. The van der Waals surface area contributed by atoms with E-state index < -0.39 is 11.9 Å². The van der Waals surface area contributed by atoms with E-state index in [0.717, 1.165) is 56.9 Å². The quantitative estimate of drug-likeness (QED) is 0.0855. The number of methoxy groups -OCH3 is 1. The molecule has 0 radical (unpaired) electrons. The molecule has 0 aromatic heterocycles. The average molecular weight is 605 g/mol. The molecule has 3 aromatic carbocycles. The van der Waals surface area contributed by atoms with Gasteiger partial charge in [-0.05, 0) is 48.1 Å². The van der Waals surface area contributed by atoms with Crippen molar-refractivity contribution in [2.75, 3.05) is 7.11 Å². The molecule has 0 saturated carbocycles. The molecular formula is C36H44O8. The third kappa shape index (κ3) is 10.1. The molecule has 8 nitrogen and oxygen atoms in total. The fourth-order valence-corrected chi connectivity index (χ4v) is 5.04. The van der Waals surface area contributed by atoms with E-state index in [-0.39, 0.29) is 52.7 Å². The second-order valence-corrected chi connectivity index (χ2v) is 10.9. The molecule has 44 heavy (non-hydrogen) atoms. The summed E-state index contributed by atoms with van der Waals surface area (Å²) in [4.78, 5) is 39.2. The molecule has 0 heterocycles. The number of aryl methyl sites for hydroxylation is 1. The highest BCUT2D eigenvalue weighted by Gasteiger charge is 2.25. The van der Waals surface area contributed by atoms with Crippen molar-refractivity contribution in [1.82, 2.24) is 0 Å². The van der Waals surface area contributed by atoms with Crippen molar-refractivity contribution >= 4 is 17.7 Å². The summed E-state index contributed by atoms with van der Waals surface area (Å²) in [5.41, 5.74) is 1.47. The van der Waals surface area contributed by atoms with Crippen molar-refractivity contribution in [3.8, 4) is 23.0 Å². The maximum atomic E-state index is 13.4. The van der Waals surface area contributed by atoms with Crippen molar-refractivity contribution in [3.63, 3.8) is 0 Å². The zero-order valence-electron chi connectivity index (χ0n) is 26.0. The van der Waals surface area contributed by atoms with Gasteiger partial charge in [0.25, 0.3) is 0 Å². The molecule has 0 aliphatic carbocycles. The van der Waals surface area contributed by atoms with E-state index in [0.29, 0.717) is 24.2 Å². The van der Waals surface area contributed by atoms with Crippen LogP contribution in [-0.4, -0.2) is 35.0 Å². The normalized spacial score (nSPS) is 10.8. The van der Waals surface area contributed by atoms with Crippen LogP contribution in [0.15, 0.2) is 54.6 Å². The van der Waals surface area contributed by atoms with Crippen molar-refractivity contribution in [1.29, 1.82) is 0 Å². The number of esters is 2. The van der Waals surface area contributed by atoms with Gasteiger partial charge in [-0.2, -0.15) is 0 Å². The van der Waals surface area contributed by atoms with Crippen LogP contribution < -0.4 is 9.47 Å². The lowest BCUT2D eigenvalue weighted by Crippen LogP contribution is -2.15. The Hall–Kier alpha value is -4.33. The number of ether oxygens (including phenoxy) is 3. The van der Waals surface area contributed by atoms with E-state index >= 15 is 0 Å². The number of hydrogen-bond donors (Lipinski definition) is 2. The molecule has 0 aliphatic rings. The van der Waals surface area contributed by atoms with Gasteiger partial charge in [-0.25, -0.2) is 9.59 Å². The van der Waals surface area contributed by atoms with Gasteiger partial charge >= 0.3 is 11.9 Å². The lowest BCUT2D eigenvalue weighted by molar-refractivity contribution is -0.118. The Morgan fingerprint density at radius 2 is 1.32 bits per heavy atom. The fraction of sp³-hybridized carbons (Fsp3) is 0.417. The molecular weight excluding hydrogens is 560 g/mol. The van der Waals surface area contributed by atoms with Crippen LogP contribution in [0.3, 0.4) is 0 Å². The largest absolute Gasteiger partial charge is 0.507 e. The van der Waals surface area contributed by atoms with Crippen LogP contribution in [0.2, 0.25) is 0 Å². The van der Waals surface area contributed by atoms with E-state index in [9.17, 15) is 24.6 Å². The van der Waals surface area contributed by atoms with Gasteiger partial charge in [-0.3, -0.25) is 4.79 Å². The first-order valence-electron chi connectivity index (χ1n) is 15.5.